The van der Waals surface area contributed by atoms with Gasteiger partial charge in [0.2, 0.25) is 11.8 Å². The van der Waals surface area contributed by atoms with Crippen molar-refractivity contribution in [2.75, 3.05) is 13.2 Å². The first kappa shape index (κ1) is 23.2. The Morgan fingerprint density at radius 3 is 2.71 bits per heavy atom. The van der Waals surface area contributed by atoms with Gasteiger partial charge in [0.25, 0.3) is 5.91 Å². The summed E-state index contributed by atoms with van der Waals surface area (Å²) in [5.74, 6) is -1.62. The minimum atomic E-state index is -0.849. The molecule has 3 amide bonds. The first-order chi connectivity index (χ1) is 16.4. The summed E-state index contributed by atoms with van der Waals surface area (Å²) in [5, 5.41) is 15.4. The average Bonchev–Trinajstić information content (AvgIpc) is 2.84. The minimum absolute atomic E-state index is 0.104. The Labute approximate surface area is 196 Å². The number of rotatable bonds is 7. The molecule has 4 N–H and O–H groups in total. The Kier molecular flexibility index (Phi) is 7.03. The minimum Gasteiger partial charge on any atom is -0.493 e. The van der Waals surface area contributed by atoms with Crippen LogP contribution in [0.5, 0.6) is 5.75 Å². The number of amides is 3. The number of fused-ring (bicyclic) bond motifs is 1. The molecule has 0 spiro atoms. The number of nitrogens with one attached hydrogen (secondary N) is 3. The number of aromatic nitrogens is 1. The summed E-state index contributed by atoms with van der Waals surface area (Å²) < 4.78 is 5.88. The maximum atomic E-state index is 12.7. The van der Waals surface area contributed by atoms with Crippen LogP contribution in [0.1, 0.15) is 28.0 Å². The number of ether oxygens (including phenoxy) is 1. The van der Waals surface area contributed by atoms with E-state index in [0.717, 1.165) is 16.6 Å². The van der Waals surface area contributed by atoms with Gasteiger partial charge in [0.05, 0.1) is 24.1 Å². The van der Waals surface area contributed by atoms with Crippen LogP contribution in [0.2, 0.25) is 0 Å². The zero-order valence-electron chi connectivity index (χ0n) is 18.7. The fourth-order valence-corrected chi connectivity index (χ4v) is 4.12. The van der Waals surface area contributed by atoms with Gasteiger partial charge in [0.15, 0.2) is 0 Å². The zero-order chi connectivity index (χ0) is 24.1. The van der Waals surface area contributed by atoms with Crippen molar-refractivity contribution in [2.24, 2.45) is 5.92 Å². The van der Waals surface area contributed by atoms with Crippen molar-refractivity contribution >= 4 is 28.6 Å². The number of nitrogens with zero attached hydrogens (tertiary/aromatic N) is 1. The smallest absolute Gasteiger partial charge is 0.251 e. The second-order valence-corrected chi connectivity index (χ2v) is 8.23. The third kappa shape index (κ3) is 5.32. The lowest BCUT2D eigenvalue weighted by atomic mass is 9.91. The third-order valence-corrected chi connectivity index (χ3v) is 5.86. The molecule has 1 fully saturated rings. The van der Waals surface area contributed by atoms with Gasteiger partial charge in [-0.3, -0.25) is 24.6 Å². The van der Waals surface area contributed by atoms with Crippen LogP contribution in [0, 0.1) is 12.8 Å². The molecule has 1 aromatic heterocycles. The summed E-state index contributed by atoms with van der Waals surface area (Å²) in [6, 6.07) is 16.2. The Morgan fingerprint density at radius 1 is 1.18 bits per heavy atom. The first-order valence-electron chi connectivity index (χ1n) is 11.0. The molecule has 2 aromatic carbocycles. The molecule has 4 rings (SSSR count). The molecular formula is C25H26N4O5. The molecule has 34 heavy (non-hydrogen) atoms. The van der Waals surface area contributed by atoms with Gasteiger partial charge in [-0.1, -0.05) is 18.2 Å². The highest BCUT2D eigenvalue weighted by molar-refractivity contribution is 5.95. The number of hydrogen-bond acceptors (Lipinski definition) is 6. The molecule has 0 radical (unpaired) electrons. The van der Waals surface area contributed by atoms with E-state index in [4.69, 9.17) is 9.94 Å². The summed E-state index contributed by atoms with van der Waals surface area (Å²) >= 11 is 0. The molecule has 0 saturated carbocycles. The average molecular weight is 463 g/mol. The van der Waals surface area contributed by atoms with Gasteiger partial charge in [-0.05, 0) is 48.9 Å². The predicted octanol–water partition coefficient (Wildman–Crippen LogP) is 1.90. The third-order valence-electron chi connectivity index (χ3n) is 5.86. The van der Waals surface area contributed by atoms with E-state index in [-0.39, 0.29) is 24.8 Å². The molecule has 0 bridgehead atoms. The number of carbonyl (C=O) groups is 3. The molecule has 2 heterocycles. The number of benzene rings is 2. The van der Waals surface area contributed by atoms with Crippen LogP contribution < -0.4 is 20.9 Å². The Hall–Kier alpha value is -3.98. The summed E-state index contributed by atoms with van der Waals surface area (Å²) in [7, 11) is 0. The molecule has 1 aliphatic rings. The second kappa shape index (κ2) is 10.3. The molecule has 1 aliphatic heterocycles. The van der Waals surface area contributed by atoms with Crippen molar-refractivity contribution in [2.45, 2.75) is 25.8 Å². The van der Waals surface area contributed by atoms with Gasteiger partial charge in [0.1, 0.15) is 5.75 Å². The number of pyridine rings is 1. The van der Waals surface area contributed by atoms with E-state index in [1.807, 2.05) is 25.1 Å². The first-order valence-corrected chi connectivity index (χ1v) is 11.0. The molecule has 0 aliphatic carbocycles. The van der Waals surface area contributed by atoms with Crippen molar-refractivity contribution in [3.63, 3.8) is 0 Å². The van der Waals surface area contributed by atoms with Crippen LogP contribution in [0.25, 0.3) is 10.9 Å². The van der Waals surface area contributed by atoms with Crippen LogP contribution in [0.4, 0.5) is 0 Å². The molecule has 176 valence electrons. The Bertz CT molecular complexity index is 1210. The summed E-state index contributed by atoms with van der Waals surface area (Å²) in [6.07, 6.45) is 0.601. The van der Waals surface area contributed by atoms with Crippen LogP contribution in [-0.4, -0.2) is 47.1 Å². The maximum absolute atomic E-state index is 12.7. The highest BCUT2D eigenvalue weighted by atomic mass is 16.5. The van der Waals surface area contributed by atoms with E-state index in [9.17, 15) is 14.4 Å². The second-order valence-electron chi connectivity index (χ2n) is 8.23. The number of piperidine rings is 1. The van der Waals surface area contributed by atoms with Crippen LogP contribution in [0.15, 0.2) is 54.6 Å². The van der Waals surface area contributed by atoms with E-state index in [1.165, 1.54) is 5.56 Å². The number of para-hydroxylation sites is 1. The molecular weight excluding hydrogens is 436 g/mol. The summed E-state index contributed by atoms with van der Waals surface area (Å²) in [4.78, 5) is 40.7. The molecule has 1 saturated heterocycles. The van der Waals surface area contributed by atoms with Crippen molar-refractivity contribution in [3.8, 4) is 5.75 Å². The highest BCUT2D eigenvalue weighted by Crippen LogP contribution is 2.20. The van der Waals surface area contributed by atoms with Crippen LogP contribution in [-0.2, 0) is 16.0 Å². The number of carbonyl (C=O) groups excluding carboxylic acids is 3. The zero-order valence-corrected chi connectivity index (χ0v) is 18.7. The van der Waals surface area contributed by atoms with Crippen molar-refractivity contribution in [1.29, 1.82) is 0 Å². The lowest BCUT2D eigenvalue weighted by Crippen LogP contribution is -2.56. The van der Waals surface area contributed by atoms with Crippen molar-refractivity contribution in [1.82, 2.24) is 21.1 Å². The van der Waals surface area contributed by atoms with Crippen LogP contribution >= 0.6 is 0 Å². The van der Waals surface area contributed by atoms with Gasteiger partial charge >= 0.3 is 0 Å². The number of hydroxylamine groups is 1. The summed E-state index contributed by atoms with van der Waals surface area (Å²) in [5.41, 5.74) is 5.04. The van der Waals surface area contributed by atoms with E-state index < -0.39 is 17.9 Å². The summed E-state index contributed by atoms with van der Waals surface area (Å²) in [6.45, 7) is 2.55. The van der Waals surface area contributed by atoms with Crippen molar-refractivity contribution in [3.05, 3.63) is 71.4 Å². The topological polar surface area (TPSA) is 130 Å². The van der Waals surface area contributed by atoms with Gasteiger partial charge < -0.3 is 15.4 Å². The monoisotopic (exact) mass is 462 g/mol. The number of aryl methyl sites for hydroxylation is 1. The van der Waals surface area contributed by atoms with E-state index in [0.29, 0.717) is 24.3 Å². The Balaban J connectivity index is 1.35. The molecule has 2 unspecified atom stereocenters. The molecule has 9 heteroatoms. The highest BCUT2D eigenvalue weighted by Gasteiger charge is 2.35. The van der Waals surface area contributed by atoms with Gasteiger partial charge in [-0.2, -0.15) is 0 Å². The van der Waals surface area contributed by atoms with E-state index in [2.05, 4.69) is 27.8 Å². The van der Waals surface area contributed by atoms with E-state index >= 15 is 0 Å². The largest absolute Gasteiger partial charge is 0.493 e. The lowest BCUT2D eigenvalue weighted by molar-refractivity contribution is -0.139. The quantitative estimate of drug-likeness (QED) is 0.314. The lowest BCUT2D eigenvalue weighted by Gasteiger charge is -2.30. The fraction of sp³-hybridized carbons (Fsp3) is 0.280. The number of hydrogen-bond donors (Lipinski definition) is 4. The van der Waals surface area contributed by atoms with Crippen LogP contribution in [0.3, 0.4) is 0 Å². The molecule has 9 nitrogen and oxygen atoms in total. The van der Waals surface area contributed by atoms with Gasteiger partial charge in [0, 0.05) is 36.0 Å². The maximum Gasteiger partial charge on any atom is 0.251 e. The molecule has 2 atom stereocenters. The SMILES string of the molecule is Cc1cc(CCOc2ccc(C(=O)NC3CNC(=O)CC3C(=O)NO)cc2)c2ccccc2n1. The van der Waals surface area contributed by atoms with Gasteiger partial charge in [-0.25, -0.2) is 5.48 Å². The standard InChI is InChI=1S/C25H26N4O5/c1-15-12-17(19-4-2-3-5-21(19)27-15)10-11-34-18-8-6-16(7-9-18)24(31)28-22-14-26-23(30)13-20(22)25(32)29-33/h2-9,12,20,22,33H,10-11,13-14H2,1H3,(H,26,30)(H,28,31)(H,29,32). The van der Waals surface area contributed by atoms with Gasteiger partial charge in [-0.15, -0.1) is 0 Å². The fourth-order valence-electron chi connectivity index (χ4n) is 4.12. The Morgan fingerprint density at radius 2 is 1.94 bits per heavy atom. The van der Waals surface area contributed by atoms with E-state index in [1.54, 1.807) is 29.7 Å². The normalized spacial score (nSPS) is 17.6. The van der Waals surface area contributed by atoms with Crippen molar-refractivity contribution < 1.29 is 24.3 Å². The molecule has 3 aromatic rings. The predicted molar refractivity (Wildman–Crippen MR) is 124 cm³/mol.